The molecule has 0 radical (unpaired) electrons. The van der Waals surface area contributed by atoms with Crippen molar-refractivity contribution in [2.75, 3.05) is 19.1 Å². The van der Waals surface area contributed by atoms with Crippen LogP contribution in [0.3, 0.4) is 0 Å². The van der Waals surface area contributed by atoms with Gasteiger partial charge < -0.3 is 9.32 Å². The van der Waals surface area contributed by atoms with Gasteiger partial charge in [-0.15, -0.1) is 0 Å². The first kappa shape index (κ1) is 15.6. The van der Waals surface area contributed by atoms with Crippen molar-refractivity contribution in [1.29, 1.82) is 0 Å². The summed E-state index contributed by atoms with van der Waals surface area (Å²) in [5.41, 5.74) is 1.25. The van der Waals surface area contributed by atoms with Crippen LogP contribution in [0.5, 0.6) is 0 Å². The summed E-state index contributed by atoms with van der Waals surface area (Å²) in [6.07, 6.45) is 2.03. The molecule has 21 heavy (non-hydrogen) atoms. The monoisotopic (exact) mass is 304 g/mol. The van der Waals surface area contributed by atoms with Gasteiger partial charge in [0, 0.05) is 31.3 Å². The van der Waals surface area contributed by atoms with Crippen LogP contribution >= 0.6 is 11.8 Å². The highest BCUT2D eigenvalue weighted by molar-refractivity contribution is 7.98. The zero-order valence-corrected chi connectivity index (χ0v) is 13.6. The van der Waals surface area contributed by atoms with Gasteiger partial charge in [0.1, 0.15) is 0 Å². The zero-order valence-electron chi connectivity index (χ0n) is 12.8. The normalized spacial score (nSPS) is 12.2. The summed E-state index contributed by atoms with van der Waals surface area (Å²) in [5, 5.41) is 0. The molecule has 0 saturated carbocycles. The molecule has 112 valence electrons. The second-order valence-corrected chi connectivity index (χ2v) is 5.91. The Balaban J connectivity index is 2.34. The molecule has 2 rings (SSSR count). The highest BCUT2D eigenvalue weighted by Gasteiger charge is 2.25. The first-order valence-corrected chi connectivity index (χ1v) is 8.23. The molecule has 0 unspecified atom stereocenters. The lowest BCUT2D eigenvalue weighted by atomic mass is 10.1. The molecule has 0 N–H and O–H groups in total. The molecule has 4 nitrogen and oxygen atoms in total. The number of aromatic nitrogens is 1. The van der Waals surface area contributed by atoms with Gasteiger partial charge >= 0.3 is 0 Å². The van der Waals surface area contributed by atoms with E-state index in [-0.39, 0.29) is 11.9 Å². The number of rotatable bonds is 5. The molecule has 1 atom stereocenters. The molecule has 0 bridgehead atoms. The fourth-order valence-electron chi connectivity index (χ4n) is 2.08. The molecule has 5 heteroatoms. The molecule has 1 aromatic heterocycles. The van der Waals surface area contributed by atoms with Crippen molar-refractivity contribution < 1.29 is 9.21 Å². The molecular formula is C16H20N2O2S. The lowest BCUT2D eigenvalue weighted by molar-refractivity contribution is 0.0752. The van der Waals surface area contributed by atoms with E-state index in [4.69, 9.17) is 4.42 Å². The molecule has 2 aromatic rings. The molecule has 0 fully saturated rings. The topological polar surface area (TPSA) is 46.3 Å². The van der Waals surface area contributed by atoms with Gasteiger partial charge in [-0.2, -0.15) is 11.8 Å². The maximum absolute atomic E-state index is 12.7. The van der Waals surface area contributed by atoms with Gasteiger partial charge in [0.2, 0.25) is 0 Å². The third-order valence-corrected chi connectivity index (χ3v) is 4.18. The van der Waals surface area contributed by atoms with Crippen molar-refractivity contribution in [1.82, 2.24) is 9.88 Å². The van der Waals surface area contributed by atoms with E-state index in [1.807, 2.05) is 50.6 Å². The van der Waals surface area contributed by atoms with Crippen molar-refractivity contribution in [3.8, 4) is 11.3 Å². The van der Waals surface area contributed by atoms with Crippen LogP contribution in [0.1, 0.15) is 23.3 Å². The van der Waals surface area contributed by atoms with Crippen molar-refractivity contribution in [3.63, 3.8) is 0 Å². The fraction of sp³-hybridized carbons (Fsp3) is 0.375. The Bertz CT molecular complexity index is 610. The number of thioether (sulfide) groups is 1. The molecule has 1 heterocycles. The number of hydrogen-bond donors (Lipinski definition) is 0. The summed E-state index contributed by atoms with van der Waals surface area (Å²) >= 11 is 1.72. The van der Waals surface area contributed by atoms with Gasteiger partial charge in [-0.1, -0.05) is 30.3 Å². The largest absolute Gasteiger partial charge is 0.440 e. The molecule has 0 aliphatic rings. The molecular weight excluding hydrogens is 284 g/mol. The minimum atomic E-state index is -0.104. The predicted octanol–water partition coefficient (Wildman–Crippen LogP) is 3.47. The standard InChI is InChI=1S/C16H20N2O2S/c1-11(10-21-4)18(3)16(19)14-15(20-12(2)17-14)13-8-6-5-7-9-13/h5-9,11H,10H2,1-4H3/t11-/m1/s1. The number of oxazole rings is 1. The van der Waals surface area contributed by atoms with E-state index in [0.717, 1.165) is 11.3 Å². The molecule has 1 aromatic carbocycles. The van der Waals surface area contributed by atoms with Crippen LogP contribution < -0.4 is 0 Å². The second kappa shape index (κ2) is 6.80. The first-order valence-electron chi connectivity index (χ1n) is 6.83. The Kier molecular flexibility index (Phi) is 5.07. The van der Waals surface area contributed by atoms with Crippen LogP contribution in [-0.4, -0.2) is 40.9 Å². The second-order valence-electron chi connectivity index (χ2n) is 5.00. The lowest BCUT2D eigenvalue weighted by Crippen LogP contribution is -2.37. The first-order chi connectivity index (χ1) is 10.0. The summed E-state index contributed by atoms with van der Waals surface area (Å²) in [7, 11) is 1.81. The zero-order chi connectivity index (χ0) is 15.4. The van der Waals surface area contributed by atoms with E-state index in [2.05, 4.69) is 4.98 Å². The summed E-state index contributed by atoms with van der Waals surface area (Å²) in [4.78, 5) is 18.7. The van der Waals surface area contributed by atoms with Crippen LogP contribution in [0.2, 0.25) is 0 Å². The van der Waals surface area contributed by atoms with Crippen LogP contribution in [0.4, 0.5) is 0 Å². The van der Waals surface area contributed by atoms with Gasteiger partial charge in [0.25, 0.3) is 5.91 Å². The maximum Gasteiger partial charge on any atom is 0.276 e. The molecule has 1 amide bonds. The van der Waals surface area contributed by atoms with Gasteiger partial charge in [0.05, 0.1) is 0 Å². The number of aryl methyl sites for hydroxylation is 1. The van der Waals surface area contributed by atoms with Gasteiger partial charge in [-0.25, -0.2) is 4.98 Å². The Morgan fingerprint density at radius 2 is 2.05 bits per heavy atom. The number of nitrogens with zero attached hydrogens (tertiary/aromatic N) is 2. The minimum Gasteiger partial charge on any atom is -0.440 e. The number of benzene rings is 1. The highest BCUT2D eigenvalue weighted by atomic mass is 32.2. The number of carbonyl (C=O) groups excluding carboxylic acids is 1. The Labute approximate surface area is 129 Å². The predicted molar refractivity (Wildman–Crippen MR) is 86.6 cm³/mol. The van der Waals surface area contributed by atoms with Crippen LogP contribution in [0, 0.1) is 6.92 Å². The van der Waals surface area contributed by atoms with Gasteiger partial charge in [0.15, 0.2) is 17.3 Å². The third kappa shape index (κ3) is 3.47. The average molecular weight is 304 g/mol. The number of hydrogen-bond acceptors (Lipinski definition) is 4. The van der Waals surface area contributed by atoms with Crippen molar-refractivity contribution in [2.45, 2.75) is 19.9 Å². The smallest absolute Gasteiger partial charge is 0.276 e. The molecule has 0 aliphatic carbocycles. The van der Waals surface area contributed by atoms with Crippen molar-refractivity contribution in [2.24, 2.45) is 0 Å². The summed E-state index contributed by atoms with van der Waals surface area (Å²) < 4.78 is 5.65. The Hall–Kier alpha value is -1.75. The lowest BCUT2D eigenvalue weighted by Gasteiger charge is -2.23. The summed E-state index contributed by atoms with van der Waals surface area (Å²) in [6.45, 7) is 3.79. The average Bonchev–Trinajstić information content (AvgIpc) is 2.89. The van der Waals surface area contributed by atoms with E-state index in [1.165, 1.54) is 0 Å². The molecule has 0 saturated heterocycles. The van der Waals surface area contributed by atoms with Crippen LogP contribution in [-0.2, 0) is 0 Å². The maximum atomic E-state index is 12.7. The van der Waals surface area contributed by atoms with Gasteiger partial charge in [-0.3, -0.25) is 4.79 Å². The SMILES string of the molecule is CSC[C@@H](C)N(C)C(=O)c1nc(C)oc1-c1ccccc1. The van der Waals surface area contributed by atoms with E-state index >= 15 is 0 Å². The van der Waals surface area contributed by atoms with E-state index in [0.29, 0.717) is 17.3 Å². The quantitative estimate of drug-likeness (QED) is 0.848. The summed E-state index contributed by atoms with van der Waals surface area (Å²) in [5.74, 6) is 1.83. The van der Waals surface area contributed by atoms with Gasteiger partial charge in [-0.05, 0) is 13.2 Å². The van der Waals surface area contributed by atoms with Crippen LogP contribution in [0.15, 0.2) is 34.7 Å². The summed E-state index contributed by atoms with van der Waals surface area (Å²) in [6, 6.07) is 9.75. The Morgan fingerprint density at radius 1 is 1.38 bits per heavy atom. The Morgan fingerprint density at radius 3 is 2.67 bits per heavy atom. The van der Waals surface area contributed by atoms with Crippen LogP contribution in [0.25, 0.3) is 11.3 Å². The van der Waals surface area contributed by atoms with E-state index in [1.54, 1.807) is 23.6 Å². The minimum absolute atomic E-state index is 0.104. The van der Waals surface area contributed by atoms with Crippen molar-refractivity contribution >= 4 is 17.7 Å². The number of carbonyl (C=O) groups is 1. The third-order valence-electron chi connectivity index (χ3n) is 3.36. The molecule has 0 aliphatic heterocycles. The van der Waals surface area contributed by atoms with E-state index in [9.17, 15) is 4.79 Å². The highest BCUT2D eigenvalue weighted by Crippen LogP contribution is 2.26. The molecule has 0 spiro atoms. The van der Waals surface area contributed by atoms with Crippen molar-refractivity contribution in [3.05, 3.63) is 41.9 Å². The number of amides is 1. The fourth-order valence-corrected chi connectivity index (χ4v) is 2.78. The van der Waals surface area contributed by atoms with E-state index < -0.39 is 0 Å².